The molecule has 3 rings (SSSR count). The third kappa shape index (κ3) is 7.66. The second-order valence-electron chi connectivity index (χ2n) is 9.35. The van der Waals surface area contributed by atoms with Crippen LogP contribution in [0.5, 0.6) is 5.75 Å². The molecule has 1 N–H and O–H groups in total. The molecule has 0 heterocycles. The van der Waals surface area contributed by atoms with Gasteiger partial charge < -0.3 is 9.84 Å². The molecular formula is C27H20F10O3. The molecule has 13 heteroatoms. The van der Waals surface area contributed by atoms with Crippen molar-refractivity contribution in [2.75, 3.05) is 0 Å². The average molecular weight is 582 g/mol. The van der Waals surface area contributed by atoms with Gasteiger partial charge in [0, 0.05) is 0 Å². The largest absolute Gasteiger partial charge is 0.573 e. The molecule has 0 saturated carbocycles. The predicted molar refractivity (Wildman–Crippen MR) is 124 cm³/mol. The van der Waals surface area contributed by atoms with Crippen LogP contribution < -0.4 is 4.74 Å². The van der Waals surface area contributed by atoms with E-state index in [1.807, 2.05) is 0 Å². The van der Waals surface area contributed by atoms with Crippen LogP contribution in [0.1, 0.15) is 42.9 Å². The van der Waals surface area contributed by atoms with Crippen molar-refractivity contribution in [1.82, 2.24) is 0 Å². The molecule has 3 aromatic carbocycles. The van der Waals surface area contributed by atoms with Gasteiger partial charge in [-0.2, -0.15) is 26.3 Å². The minimum absolute atomic E-state index is 0.0179. The van der Waals surface area contributed by atoms with E-state index in [4.69, 9.17) is 0 Å². The van der Waals surface area contributed by atoms with Gasteiger partial charge >= 0.3 is 24.7 Å². The minimum atomic E-state index is -5.21. The molecule has 0 amide bonds. The first-order valence-electron chi connectivity index (χ1n) is 11.5. The number of carbonyl (C=O) groups is 1. The zero-order valence-electron chi connectivity index (χ0n) is 20.6. The Morgan fingerprint density at radius 1 is 0.750 bits per heavy atom. The highest BCUT2D eigenvalue weighted by Crippen LogP contribution is 2.41. The molecule has 3 nitrogen and oxygen atoms in total. The maximum Gasteiger partial charge on any atom is 0.573 e. The van der Waals surface area contributed by atoms with Gasteiger partial charge in [-0.25, -0.2) is 4.39 Å². The summed E-state index contributed by atoms with van der Waals surface area (Å²) in [6.45, 7) is 3.38. The molecule has 0 aliphatic carbocycles. The van der Waals surface area contributed by atoms with Gasteiger partial charge in [0.25, 0.3) is 0 Å². The molecule has 0 spiro atoms. The van der Waals surface area contributed by atoms with E-state index in [0.29, 0.717) is 24.3 Å². The second kappa shape index (κ2) is 11.0. The monoisotopic (exact) mass is 582 g/mol. The Morgan fingerprint density at radius 3 is 1.68 bits per heavy atom. The lowest BCUT2D eigenvalue weighted by atomic mass is 9.86. The van der Waals surface area contributed by atoms with Crippen molar-refractivity contribution in [2.45, 2.75) is 44.9 Å². The molecule has 1 atom stereocenters. The van der Waals surface area contributed by atoms with Crippen LogP contribution in [0.25, 0.3) is 22.3 Å². The SMILES string of the molecule is CC(C)CC(C(=O)O)c1cc(-c2cc(C(F)(F)F)cc(C(F)(F)F)c2)cc(-c2ccc(OC(F)(F)F)c(F)c2)c1. The van der Waals surface area contributed by atoms with Crippen LogP contribution in [-0.4, -0.2) is 17.4 Å². The molecule has 0 radical (unpaired) electrons. The van der Waals surface area contributed by atoms with Crippen LogP contribution >= 0.6 is 0 Å². The first-order valence-corrected chi connectivity index (χ1v) is 11.5. The normalized spacial score (nSPS) is 13.4. The predicted octanol–water partition coefficient (Wildman–Crippen LogP) is 9.31. The van der Waals surface area contributed by atoms with E-state index >= 15 is 0 Å². The summed E-state index contributed by atoms with van der Waals surface area (Å²) >= 11 is 0. The molecule has 0 fully saturated rings. The average Bonchev–Trinajstić information content (AvgIpc) is 2.81. The van der Waals surface area contributed by atoms with E-state index in [1.54, 1.807) is 13.8 Å². The number of alkyl halides is 9. The fraction of sp³-hybridized carbons (Fsp3) is 0.296. The van der Waals surface area contributed by atoms with Crippen molar-refractivity contribution in [1.29, 1.82) is 0 Å². The van der Waals surface area contributed by atoms with Crippen molar-refractivity contribution in [3.8, 4) is 28.0 Å². The van der Waals surface area contributed by atoms with Gasteiger partial charge in [-0.05, 0) is 76.6 Å². The summed E-state index contributed by atoms with van der Waals surface area (Å²) in [7, 11) is 0. The summed E-state index contributed by atoms with van der Waals surface area (Å²) in [5, 5.41) is 9.81. The minimum Gasteiger partial charge on any atom is -0.481 e. The fourth-order valence-corrected chi connectivity index (χ4v) is 4.05. The number of ether oxygens (including phenoxy) is 1. The molecule has 216 valence electrons. The van der Waals surface area contributed by atoms with Crippen LogP contribution in [0, 0.1) is 11.7 Å². The first-order chi connectivity index (χ1) is 18.2. The second-order valence-corrected chi connectivity index (χ2v) is 9.35. The maximum absolute atomic E-state index is 14.4. The van der Waals surface area contributed by atoms with Crippen LogP contribution in [0.3, 0.4) is 0 Å². The molecule has 1 unspecified atom stereocenters. The van der Waals surface area contributed by atoms with Crippen LogP contribution in [0.15, 0.2) is 54.6 Å². The Balaban J connectivity index is 2.30. The summed E-state index contributed by atoms with van der Waals surface area (Å²) in [6, 6.07) is 6.54. The lowest BCUT2D eigenvalue weighted by Gasteiger charge is -2.19. The highest BCUT2D eigenvalue weighted by Gasteiger charge is 2.37. The molecule has 3 aromatic rings. The van der Waals surface area contributed by atoms with E-state index in [2.05, 4.69) is 4.74 Å². The van der Waals surface area contributed by atoms with Crippen LogP contribution in [0.4, 0.5) is 43.9 Å². The van der Waals surface area contributed by atoms with Crippen LogP contribution in [0.2, 0.25) is 0 Å². The number of hydrogen-bond acceptors (Lipinski definition) is 2. The lowest BCUT2D eigenvalue weighted by molar-refractivity contribution is -0.275. The smallest absolute Gasteiger partial charge is 0.481 e. The quantitative estimate of drug-likeness (QED) is 0.283. The zero-order chi connectivity index (χ0) is 30.2. The van der Waals surface area contributed by atoms with Crippen LogP contribution in [-0.2, 0) is 17.1 Å². The summed E-state index contributed by atoms with van der Waals surface area (Å²) in [5.41, 5.74) is -4.25. The van der Waals surface area contributed by atoms with Gasteiger partial charge in [0.1, 0.15) is 0 Å². The van der Waals surface area contributed by atoms with E-state index in [0.717, 1.165) is 18.2 Å². The number of benzene rings is 3. The fourth-order valence-electron chi connectivity index (χ4n) is 4.05. The number of hydrogen-bond donors (Lipinski definition) is 1. The summed E-state index contributed by atoms with van der Waals surface area (Å²) < 4.78 is 136. The number of carboxylic acid groups (broad SMARTS) is 1. The van der Waals surface area contributed by atoms with Gasteiger partial charge in [-0.15, -0.1) is 13.2 Å². The highest BCUT2D eigenvalue weighted by molar-refractivity contribution is 5.81. The first kappa shape index (κ1) is 30.8. The van der Waals surface area contributed by atoms with Gasteiger partial charge in [-0.3, -0.25) is 4.79 Å². The van der Waals surface area contributed by atoms with Gasteiger partial charge in [0.15, 0.2) is 11.6 Å². The third-order valence-electron chi connectivity index (χ3n) is 5.77. The Kier molecular flexibility index (Phi) is 8.47. The van der Waals surface area contributed by atoms with E-state index in [-0.39, 0.29) is 40.7 Å². The van der Waals surface area contributed by atoms with Crippen molar-refractivity contribution in [3.63, 3.8) is 0 Å². The Labute approximate surface area is 221 Å². The summed E-state index contributed by atoms with van der Waals surface area (Å²) in [5.74, 6) is -5.43. The number of rotatable bonds is 7. The number of halogens is 10. The van der Waals surface area contributed by atoms with Gasteiger partial charge in [0.2, 0.25) is 0 Å². The standard InChI is InChI=1S/C27H20F10O3/c1-13(2)5-21(24(38)39)18-7-15(14-3-4-23(22(28)11-14)40-27(35,36)37)6-16(8-18)17-9-19(25(29,30)31)12-20(10-17)26(32,33)34/h3-4,6-13,21H,5H2,1-2H3,(H,38,39). The number of aliphatic carboxylic acids is 1. The topological polar surface area (TPSA) is 46.5 Å². The molecule has 0 aliphatic heterocycles. The maximum atomic E-state index is 14.4. The Bertz CT molecular complexity index is 1360. The molecular weight excluding hydrogens is 562 g/mol. The van der Waals surface area contributed by atoms with Crippen molar-refractivity contribution >= 4 is 5.97 Å². The molecule has 0 aromatic heterocycles. The summed E-state index contributed by atoms with van der Waals surface area (Å²) in [4.78, 5) is 12.1. The molecule has 40 heavy (non-hydrogen) atoms. The Hall–Kier alpha value is -3.77. The number of carboxylic acids is 1. The van der Waals surface area contributed by atoms with Gasteiger partial charge in [-0.1, -0.05) is 32.0 Å². The highest BCUT2D eigenvalue weighted by atomic mass is 19.4. The van der Waals surface area contributed by atoms with Crippen molar-refractivity contribution in [2.24, 2.45) is 5.92 Å². The Morgan fingerprint density at radius 2 is 1.25 bits per heavy atom. The van der Waals surface area contributed by atoms with Gasteiger partial charge in [0.05, 0.1) is 17.0 Å². The molecule has 0 aliphatic rings. The van der Waals surface area contributed by atoms with Crippen molar-refractivity contribution in [3.05, 3.63) is 77.1 Å². The van der Waals surface area contributed by atoms with E-state index in [9.17, 15) is 53.8 Å². The van der Waals surface area contributed by atoms with E-state index in [1.165, 1.54) is 6.07 Å². The lowest BCUT2D eigenvalue weighted by Crippen LogP contribution is -2.17. The van der Waals surface area contributed by atoms with E-state index < -0.39 is 58.9 Å². The zero-order valence-corrected chi connectivity index (χ0v) is 20.6. The molecule has 0 bridgehead atoms. The molecule has 0 saturated heterocycles. The third-order valence-corrected chi connectivity index (χ3v) is 5.77. The summed E-state index contributed by atoms with van der Waals surface area (Å²) in [6.07, 6.45) is -15.5. The van der Waals surface area contributed by atoms with Crippen molar-refractivity contribution < 1.29 is 58.5 Å².